The van der Waals surface area contributed by atoms with Gasteiger partial charge in [0.05, 0.1) is 6.61 Å². The van der Waals surface area contributed by atoms with Gasteiger partial charge in [0.25, 0.3) is 0 Å². The van der Waals surface area contributed by atoms with E-state index in [2.05, 4.69) is 22.0 Å². The van der Waals surface area contributed by atoms with Gasteiger partial charge < -0.3 is 9.47 Å². The van der Waals surface area contributed by atoms with E-state index >= 15 is 0 Å². The van der Waals surface area contributed by atoms with Gasteiger partial charge in [-0.1, -0.05) is 15.9 Å². The third kappa shape index (κ3) is 3.10. The topological polar surface area (TPSA) is 35.5 Å². The van der Waals surface area contributed by atoms with E-state index in [0.29, 0.717) is 12.2 Å². The fourth-order valence-corrected chi connectivity index (χ4v) is 2.95. The van der Waals surface area contributed by atoms with Gasteiger partial charge in [0.15, 0.2) is 5.78 Å². The molecule has 0 N–H and O–H groups in total. The van der Waals surface area contributed by atoms with E-state index in [9.17, 15) is 4.79 Å². The number of carbonyl (C=O) groups is 1. The van der Waals surface area contributed by atoms with Gasteiger partial charge in [0.2, 0.25) is 0 Å². The van der Waals surface area contributed by atoms with Crippen molar-refractivity contribution < 1.29 is 14.3 Å². The maximum Gasteiger partial charge on any atom is 0.159 e. The maximum atomic E-state index is 11.2. The lowest BCUT2D eigenvalue weighted by atomic mass is 10.1. The first-order valence-corrected chi connectivity index (χ1v) is 7.60. The third-order valence-electron chi connectivity index (χ3n) is 3.48. The Hall–Kier alpha value is -1.81. The second-order valence-corrected chi connectivity index (χ2v) is 5.94. The van der Waals surface area contributed by atoms with Gasteiger partial charge in [-0.3, -0.25) is 4.79 Å². The summed E-state index contributed by atoms with van der Waals surface area (Å²) in [6.07, 6.45) is 0.940. The van der Waals surface area contributed by atoms with E-state index < -0.39 is 0 Å². The fraction of sp³-hybridized carbons (Fsp3) is 0.235. The van der Waals surface area contributed by atoms with Crippen LogP contribution in [0, 0.1) is 0 Å². The lowest BCUT2D eigenvalue weighted by Crippen LogP contribution is -1.99. The Bertz CT molecular complexity index is 677. The Morgan fingerprint density at radius 2 is 2.05 bits per heavy atom. The lowest BCUT2D eigenvalue weighted by Gasteiger charge is -2.11. The third-order valence-corrected chi connectivity index (χ3v) is 3.94. The standard InChI is InChI=1S/C17H15BrO3/c1-11(19)12-2-4-16(5-3-12)21-10-14-9-15(18)8-13-6-7-20-17(13)14/h2-5,8-9H,6-7,10H2,1H3. The largest absolute Gasteiger partial charge is 0.493 e. The molecule has 1 aliphatic rings. The molecule has 0 saturated carbocycles. The zero-order valence-corrected chi connectivity index (χ0v) is 13.3. The summed E-state index contributed by atoms with van der Waals surface area (Å²) in [6.45, 7) is 2.73. The Labute approximate surface area is 132 Å². The number of carbonyl (C=O) groups excluding carboxylic acids is 1. The molecule has 108 valence electrons. The monoisotopic (exact) mass is 346 g/mol. The van der Waals surface area contributed by atoms with Crippen molar-refractivity contribution >= 4 is 21.7 Å². The van der Waals surface area contributed by atoms with Crippen molar-refractivity contribution in [3.05, 3.63) is 57.6 Å². The van der Waals surface area contributed by atoms with Crippen molar-refractivity contribution in [2.24, 2.45) is 0 Å². The molecule has 0 radical (unpaired) electrons. The molecule has 0 unspecified atom stereocenters. The van der Waals surface area contributed by atoms with Crippen LogP contribution in [0.2, 0.25) is 0 Å². The summed E-state index contributed by atoms with van der Waals surface area (Å²) >= 11 is 3.52. The number of fused-ring (bicyclic) bond motifs is 1. The SMILES string of the molecule is CC(=O)c1ccc(OCc2cc(Br)cc3c2OCC3)cc1. The minimum atomic E-state index is 0.0553. The second-order valence-electron chi connectivity index (χ2n) is 5.02. The van der Waals surface area contributed by atoms with E-state index in [-0.39, 0.29) is 5.78 Å². The first-order valence-electron chi connectivity index (χ1n) is 6.81. The van der Waals surface area contributed by atoms with Crippen molar-refractivity contribution in [3.8, 4) is 11.5 Å². The molecule has 3 rings (SSSR count). The molecule has 0 aliphatic carbocycles. The highest BCUT2D eigenvalue weighted by Crippen LogP contribution is 2.33. The van der Waals surface area contributed by atoms with E-state index in [0.717, 1.165) is 34.6 Å². The highest BCUT2D eigenvalue weighted by atomic mass is 79.9. The summed E-state index contributed by atoms with van der Waals surface area (Å²) in [5.41, 5.74) is 2.94. The summed E-state index contributed by atoms with van der Waals surface area (Å²) in [7, 11) is 0. The zero-order chi connectivity index (χ0) is 14.8. The van der Waals surface area contributed by atoms with Gasteiger partial charge in [-0.2, -0.15) is 0 Å². The van der Waals surface area contributed by atoms with Crippen LogP contribution in [0.1, 0.15) is 28.4 Å². The number of halogens is 1. The Kier molecular flexibility index (Phi) is 3.97. The van der Waals surface area contributed by atoms with Crippen LogP contribution < -0.4 is 9.47 Å². The summed E-state index contributed by atoms with van der Waals surface area (Å²) in [5.74, 6) is 1.74. The first-order chi connectivity index (χ1) is 10.1. The van der Waals surface area contributed by atoms with Crippen LogP contribution in [-0.2, 0) is 13.0 Å². The van der Waals surface area contributed by atoms with Crippen molar-refractivity contribution in [2.45, 2.75) is 20.0 Å². The summed E-state index contributed by atoms with van der Waals surface area (Å²) in [6, 6.07) is 11.3. The molecule has 3 nitrogen and oxygen atoms in total. The molecule has 0 aromatic heterocycles. The first kappa shape index (κ1) is 14.1. The van der Waals surface area contributed by atoms with E-state index in [1.807, 2.05) is 18.2 Å². The Morgan fingerprint density at radius 3 is 2.76 bits per heavy atom. The van der Waals surface area contributed by atoms with Crippen LogP contribution in [0.3, 0.4) is 0 Å². The van der Waals surface area contributed by atoms with Gasteiger partial charge in [0.1, 0.15) is 18.1 Å². The van der Waals surface area contributed by atoms with Gasteiger partial charge in [-0.05, 0) is 48.9 Å². The molecule has 0 fully saturated rings. The molecule has 0 saturated heterocycles. The predicted octanol–water partition coefficient (Wildman–Crippen LogP) is 4.17. The highest BCUT2D eigenvalue weighted by Gasteiger charge is 2.17. The average Bonchev–Trinajstić information content (AvgIpc) is 2.93. The quantitative estimate of drug-likeness (QED) is 0.779. The van der Waals surface area contributed by atoms with Crippen molar-refractivity contribution in [1.29, 1.82) is 0 Å². The molecule has 1 heterocycles. The van der Waals surface area contributed by atoms with Crippen LogP contribution in [0.4, 0.5) is 0 Å². The summed E-state index contributed by atoms with van der Waals surface area (Å²) in [4.78, 5) is 11.2. The normalized spacial score (nSPS) is 12.7. The Balaban J connectivity index is 1.75. The molecule has 4 heteroatoms. The van der Waals surface area contributed by atoms with Gasteiger partial charge in [-0.25, -0.2) is 0 Å². The number of hydrogen-bond acceptors (Lipinski definition) is 3. The second kappa shape index (κ2) is 5.90. The number of ether oxygens (including phenoxy) is 2. The van der Waals surface area contributed by atoms with Crippen LogP contribution in [0.15, 0.2) is 40.9 Å². The fourth-order valence-electron chi connectivity index (χ4n) is 2.40. The van der Waals surface area contributed by atoms with E-state index in [4.69, 9.17) is 9.47 Å². The number of rotatable bonds is 4. The molecular formula is C17H15BrO3. The molecule has 2 aromatic carbocycles. The number of benzene rings is 2. The van der Waals surface area contributed by atoms with E-state index in [1.54, 1.807) is 19.1 Å². The van der Waals surface area contributed by atoms with E-state index in [1.165, 1.54) is 5.56 Å². The van der Waals surface area contributed by atoms with Crippen LogP contribution in [-0.4, -0.2) is 12.4 Å². The van der Waals surface area contributed by atoms with Crippen molar-refractivity contribution in [1.82, 2.24) is 0 Å². The molecule has 1 aliphatic heterocycles. The number of ketones is 1. The summed E-state index contributed by atoms with van der Waals surface area (Å²) < 4.78 is 12.5. The molecule has 0 atom stereocenters. The van der Waals surface area contributed by atoms with Crippen LogP contribution in [0.25, 0.3) is 0 Å². The zero-order valence-electron chi connectivity index (χ0n) is 11.7. The van der Waals surface area contributed by atoms with Crippen LogP contribution in [0.5, 0.6) is 11.5 Å². The number of hydrogen-bond donors (Lipinski definition) is 0. The van der Waals surface area contributed by atoms with Gasteiger partial charge >= 0.3 is 0 Å². The predicted molar refractivity (Wildman–Crippen MR) is 84.1 cm³/mol. The lowest BCUT2D eigenvalue weighted by molar-refractivity contribution is 0.101. The molecule has 0 bridgehead atoms. The molecular weight excluding hydrogens is 332 g/mol. The summed E-state index contributed by atoms with van der Waals surface area (Å²) in [5, 5.41) is 0. The maximum absolute atomic E-state index is 11.2. The highest BCUT2D eigenvalue weighted by molar-refractivity contribution is 9.10. The molecule has 0 amide bonds. The van der Waals surface area contributed by atoms with Gasteiger partial charge in [0, 0.05) is 22.0 Å². The number of Topliss-reactive ketones (excluding diaryl/α,β-unsaturated/α-hetero) is 1. The molecule has 21 heavy (non-hydrogen) atoms. The van der Waals surface area contributed by atoms with Crippen molar-refractivity contribution in [2.75, 3.05) is 6.61 Å². The smallest absolute Gasteiger partial charge is 0.159 e. The minimum absolute atomic E-state index is 0.0553. The van der Waals surface area contributed by atoms with Crippen molar-refractivity contribution in [3.63, 3.8) is 0 Å². The van der Waals surface area contributed by atoms with Gasteiger partial charge in [-0.15, -0.1) is 0 Å². The molecule has 0 spiro atoms. The van der Waals surface area contributed by atoms with Crippen LogP contribution >= 0.6 is 15.9 Å². The Morgan fingerprint density at radius 1 is 1.29 bits per heavy atom. The minimum Gasteiger partial charge on any atom is -0.493 e. The molecule has 2 aromatic rings. The average molecular weight is 347 g/mol.